The van der Waals surface area contributed by atoms with E-state index in [2.05, 4.69) is 10.6 Å². The first-order valence-corrected chi connectivity index (χ1v) is 8.31. The van der Waals surface area contributed by atoms with Crippen LogP contribution in [0, 0.1) is 0 Å². The van der Waals surface area contributed by atoms with E-state index in [4.69, 9.17) is 4.74 Å². The summed E-state index contributed by atoms with van der Waals surface area (Å²) in [4.78, 5) is 26.4. The van der Waals surface area contributed by atoms with Gasteiger partial charge in [0.05, 0.1) is 12.7 Å². The van der Waals surface area contributed by atoms with Gasteiger partial charge in [0.2, 0.25) is 0 Å². The number of piperidine rings is 1. The second kappa shape index (κ2) is 7.55. The third-order valence-electron chi connectivity index (χ3n) is 3.95. The van der Waals surface area contributed by atoms with Crippen molar-refractivity contribution in [3.05, 3.63) is 29.8 Å². The maximum atomic E-state index is 12.4. The second-order valence-corrected chi connectivity index (χ2v) is 7.12. The molecule has 6 nitrogen and oxygen atoms in total. The second-order valence-electron chi connectivity index (χ2n) is 7.12. The lowest BCUT2D eigenvalue weighted by Gasteiger charge is -2.34. The van der Waals surface area contributed by atoms with Gasteiger partial charge >= 0.3 is 6.03 Å². The molecule has 0 aromatic heterocycles. The number of hydrogen-bond acceptors (Lipinski definition) is 3. The molecule has 1 aromatic carbocycles. The highest BCUT2D eigenvalue weighted by molar-refractivity contribution is 5.97. The summed E-state index contributed by atoms with van der Waals surface area (Å²) in [5.41, 5.74) is 0.291. The average Bonchev–Trinajstić information content (AvgIpc) is 2.53. The molecule has 1 fully saturated rings. The van der Waals surface area contributed by atoms with Gasteiger partial charge in [-0.1, -0.05) is 12.1 Å². The van der Waals surface area contributed by atoms with Gasteiger partial charge in [0.1, 0.15) is 5.75 Å². The van der Waals surface area contributed by atoms with Crippen molar-refractivity contribution >= 4 is 11.9 Å². The van der Waals surface area contributed by atoms with Gasteiger partial charge in [-0.2, -0.15) is 0 Å². The standard InChI is InChI=1S/C18H27N3O3/c1-18(2,3)20-17(23)21-11-9-13(10-12-21)19-16(22)14-7-5-6-8-15(14)24-4/h5-8,13H,9-12H2,1-4H3,(H,19,22)(H,20,23). The number of carbonyl (C=O) groups excluding carboxylic acids is 2. The number of hydrogen-bond donors (Lipinski definition) is 2. The summed E-state index contributed by atoms with van der Waals surface area (Å²) in [5, 5.41) is 6.01. The van der Waals surface area contributed by atoms with E-state index in [9.17, 15) is 9.59 Å². The number of urea groups is 1. The Morgan fingerprint density at radius 3 is 2.38 bits per heavy atom. The number of amides is 3. The zero-order valence-corrected chi connectivity index (χ0v) is 14.9. The molecule has 1 aliphatic rings. The van der Waals surface area contributed by atoms with Gasteiger partial charge in [0.25, 0.3) is 5.91 Å². The Morgan fingerprint density at radius 2 is 1.79 bits per heavy atom. The third kappa shape index (κ3) is 4.88. The molecule has 1 aliphatic heterocycles. The number of benzene rings is 1. The Morgan fingerprint density at radius 1 is 1.17 bits per heavy atom. The third-order valence-corrected chi connectivity index (χ3v) is 3.95. The van der Waals surface area contributed by atoms with Crippen LogP contribution in [-0.2, 0) is 0 Å². The Hall–Kier alpha value is -2.24. The Kier molecular flexibility index (Phi) is 5.70. The first-order valence-electron chi connectivity index (χ1n) is 8.31. The molecule has 2 rings (SSSR count). The topological polar surface area (TPSA) is 70.7 Å². The Labute approximate surface area is 143 Å². The summed E-state index contributed by atoms with van der Waals surface area (Å²) in [7, 11) is 1.55. The minimum absolute atomic E-state index is 0.0444. The number of para-hydroxylation sites is 1. The molecule has 1 heterocycles. The molecule has 1 saturated heterocycles. The van der Waals surface area contributed by atoms with Gasteiger partial charge in [-0.05, 0) is 45.7 Å². The van der Waals surface area contributed by atoms with E-state index in [1.165, 1.54) is 0 Å². The van der Waals surface area contributed by atoms with Crippen molar-refractivity contribution in [2.75, 3.05) is 20.2 Å². The summed E-state index contributed by atoms with van der Waals surface area (Å²) in [6, 6.07) is 7.20. The molecule has 0 saturated carbocycles. The summed E-state index contributed by atoms with van der Waals surface area (Å²) < 4.78 is 5.23. The quantitative estimate of drug-likeness (QED) is 0.892. The number of methoxy groups -OCH3 is 1. The number of nitrogens with one attached hydrogen (secondary N) is 2. The largest absolute Gasteiger partial charge is 0.496 e. The molecule has 6 heteroatoms. The van der Waals surface area contributed by atoms with Crippen molar-refractivity contribution in [2.45, 2.75) is 45.2 Å². The molecule has 132 valence electrons. The molecule has 1 aromatic rings. The molecule has 2 N–H and O–H groups in total. The van der Waals surface area contributed by atoms with Crippen molar-refractivity contribution in [1.29, 1.82) is 0 Å². The fourth-order valence-corrected chi connectivity index (χ4v) is 2.72. The maximum Gasteiger partial charge on any atom is 0.317 e. The van der Waals surface area contributed by atoms with E-state index in [1.807, 2.05) is 32.9 Å². The first kappa shape index (κ1) is 18.1. The van der Waals surface area contributed by atoms with Crippen LogP contribution in [-0.4, -0.2) is 48.6 Å². The minimum atomic E-state index is -0.244. The summed E-state index contributed by atoms with van der Waals surface area (Å²) in [5.74, 6) is 0.432. The smallest absolute Gasteiger partial charge is 0.317 e. The fourth-order valence-electron chi connectivity index (χ4n) is 2.72. The zero-order valence-electron chi connectivity index (χ0n) is 14.9. The van der Waals surface area contributed by atoms with Crippen LogP contribution in [0.3, 0.4) is 0 Å². The van der Waals surface area contributed by atoms with Crippen molar-refractivity contribution in [2.24, 2.45) is 0 Å². The summed E-state index contributed by atoms with van der Waals surface area (Å²) >= 11 is 0. The Bertz CT molecular complexity index is 587. The van der Waals surface area contributed by atoms with Crippen molar-refractivity contribution < 1.29 is 14.3 Å². The molecule has 0 unspecified atom stereocenters. The normalized spacial score (nSPS) is 15.8. The van der Waals surface area contributed by atoms with E-state index < -0.39 is 0 Å². The minimum Gasteiger partial charge on any atom is -0.496 e. The monoisotopic (exact) mass is 333 g/mol. The van der Waals surface area contributed by atoms with Gasteiger partial charge in [-0.15, -0.1) is 0 Å². The van der Waals surface area contributed by atoms with Crippen molar-refractivity contribution in [3.63, 3.8) is 0 Å². The van der Waals surface area contributed by atoms with Crippen LogP contribution in [0.4, 0.5) is 4.79 Å². The Balaban J connectivity index is 1.87. The molecule has 0 spiro atoms. The number of carbonyl (C=O) groups is 2. The highest BCUT2D eigenvalue weighted by atomic mass is 16.5. The lowest BCUT2D eigenvalue weighted by molar-refractivity contribution is 0.0914. The molecule has 0 bridgehead atoms. The SMILES string of the molecule is COc1ccccc1C(=O)NC1CCN(C(=O)NC(C)(C)C)CC1. The lowest BCUT2D eigenvalue weighted by atomic mass is 10.0. The number of likely N-dealkylation sites (tertiary alicyclic amines) is 1. The van der Waals surface area contributed by atoms with Crippen molar-refractivity contribution in [3.8, 4) is 5.75 Å². The number of ether oxygens (including phenoxy) is 1. The molecule has 24 heavy (non-hydrogen) atoms. The predicted octanol–water partition coefficient (Wildman–Crippen LogP) is 2.40. The van der Waals surface area contributed by atoms with E-state index in [1.54, 1.807) is 24.1 Å². The van der Waals surface area contributed by atoms with E-state index in [0.29, 0.717) is 24.4 Å². The first-order chi connectivity index (χ1) is 11.3. The van der Waals surface area contributed by atoms with Gasteiger partial charge in [-0.3, -0.25) is 4.79 Å². The number of nitrogens with zero attached hydrogens (tertiary/aromatic N) is 1. The van der Waals surface area contributed by atoms with E-state index in [0.717, 1.165) is 12.8 Å². The van der Waals surface area contributed by atoms with E-state index in [-0.39, 0.29) is 23.5 Å². The number of rotatable bonds is 3. The highest BCUT2D eigenvalue weighted by Crippen LogP contribution is 2.18. The molecule has 0 atom stereocenters. The highest BCUT2D eigenvalue weighted by Gasteiger charge is 2.26. The molecule has 0 aliphatic carbocycles. The van der Waals surface area contributed by atoms with Gasteiger partial charge < -0.3 is 20.3 Å². The van der Waals surface area contributed by atoms with Crippen LogP contribution in [0.25, 0.3) is 0 Å². The maximum absolute atomic E-state index is 12.4. The van der Waals surface area contributed by atoms with Crippen LogP contribution in [0.1, 0.15) is 44.0 Å². The fraction of sp³-hybridized carbons (Fsp3) is 0.556. The van der Waals surface area contributed by atoms with Crippen LogP contribution in [0.15, 0.2) is 24.3 Å². The lowest BCUT2D eigenvalue weighted by Crippen LogP contribution is -2.53. The van der Waals surface area contributed by atoms with Crippen molar-refractivity contribution in [1.82, 2.24) is 15.5 Å². The van der Waals surface area contributed by atoms with Gasteiger partial charge in [0, 0.05) is 24.7 Å². The van der Waals surface area contributed by atoms with Gasteiger partial charge in [0.15, 0.2) is 0 Å². The molecular formula is C18H27N3O3. The molecule has 3 amide bonds. The zero-order chi connectivity index (χ0) is 17.7. The van der Waals surface area contributed by atoms with Crippen LogP contribution < -0.4 is 15.4 Å². The molecular weight excluding hydrogens is 306 g/mol. The van der Waals surface area contributed by atoms with Crippen LogP contribution in [0.2, 0.25) is 0 Å². The molecule has 0 radical (unpaired) electrons. The summed E-state index contributed by atoms with van der Waals surface area (Å²) in [6.45, 7) is 7.17. The van der Waals surface area contributed by atoms with E-state index >= 15 is 0 Å². The van der Waals surface area contributed by atoms with Crippen LogP contribution >= 0.6 is 0 Å². The average molecular weight is 333 g/mol. The van der Waals surface area contributed by atoms with Crippen LogP contribution in [0.5, 0.6) is 5.75 Å². The predicted molar refractivity (Wildman–Crippen MR) is 93.3 cm³/mol. The summed E-state index contributed by atoms with van der Waals surface area (Å²) in [6.07, 6.45) is 1.50. The van der Waals surface area contributed by atoms with Gasteiger partial charge in [-0.25, -0.2) is 4.79 Å².